The molecule has 0 heterocycles. The van der Waals surface area contributed by atoms with Crippen LogP contribution in [0.3, 0.4) is 0 Å². The van der Waals surface area contributed by atoms with Gasteiger partial charge in [0.25, 0.3) is 0 Å². The minimum absolute atomic E-state index is 0.311. The lowest BCUT2D eigenvalue weighted by Gasteiger charge is -2.16. The van der Waals surface area contributed by atoms with Crippen LogP contribution in [0.2, 0.25) is 5.02 Å². The average molecular weight is 369 g/mol. The molecule has 4 heteroatoms. The zero-order chi connectivity index (χ0) is 15.2. The van der Waals surface area contributed by atoms with Crippen molar-refractivity contribution >= 4 is 27.5 Å². The van der Waals surface area contributed by atoms with E-state index in [0.717, 1.165) is 27.4 Å². The Bertz CT molecular complexity index is 603. The molecule has 0 bridgehead atoms. The van der Waals surface area contributed by atoms with Crippen LogP contribution in [0.1, 0.15) is 31.0 Å². The molecule has 0 radical (unpaired) electrons. The van der Waals surface area contributed by atoms with Crippen molar-refractivity contribution < 1.29 is 4.74 Å². The third-order valence-electron chi connectivity index (χ3n) is 3.24. The van der Waals surface area contributed by atoms with Crippen LogP contribution < -0.4 is 10.1 Å². The monoisotopic (exact) mass is 367 g/mol. The molecule has 1 unspecified atom stereocenters. The summed E-state index contributed by atoms with van der Waals surface area (Å²) in [4.78, 5) is 0. The zero-order valence-corrected chi connectivity index (χ0v) is 14.5. The Labute approximate surface area is 139 Å². The third-order valence-corrected chi connectivity index (χ3v) is 4.17. The molecule has 1 N–H and O–H groups in total. The fourth-order valence-electron chi connectivity index (χ4n) is 2.16. The third kappa shape index (κ3) is 4.73. The van der Waals surface area contributed by atoms with Gasteiger partial charge in [-0.3, -0.25) is 0 Å². The average Bonchev–Trinajstić information content (AvgIpc) is 2.45. The highest BCUT2D eigenvalue weighted by Crippen LogP contribution is 2.28. The summed E-state index contributed by atoms with van der Waals surface area (Å²) in [5.41, 5.74) is 2.29. The van der Waals surface area contributed by atoms with Crippen molar-refractivity contribution in [2.24, 2.45) is 0 Å². The molecule has 0 aliphatic rings. The second-order valence-electron chi connectivity index (χ2n) is 4.88. The molecule has 1 atom stereocenters. The zero-order valence-electron chi connectivity index (χ0n) is 12.2. The summed E-state index contributed by atoms with van der Waals surface area (Å²) >= 11 is 9.58. The van der Waals surface area contributed by atoms with E-state index in [1.807, 2.05) is 36.4 Å². The van der Waals surface area contributed by atoms with Gasteiger partial charge in [0.1, 0.15) is 12.4 Å². The molecule has 2 aromatic rings. The maximum Gasteiger partial charge on any atom is 0.120 e. The van der Waals surface area contributed by atoms with E-state index in [9.17, 15) is 0 Å². The first-order chi connectivity index (χ1) is 10.1. The SMILES string of the molecule is CCNC(C)c1ccc(OCc2cccc(Cl)c2)cc1Br. The summed E-state index contributed by atoms with van der Waals surface area (Å²) in [5, 5.41) is 4.13. The summed E-state index contributed by atoms with van der Waals surface area (Å²) in [6.07, 6.45) is 0. The van der Waals surface area contributed by atoms with Crippen LogP contribution in [0.5, 0.6) is 5.75 Å². The van der Waals surface area contributed by atoms with Crippen LogP contribution >= 0.6 is 27.5 Å². The summed E-state index contributed by atoms with van der Waals surface area (Å²) in [6, 6.07) is 14.1. The summed E-state index contributed by atoms with van der Waals surface area (Å²) in [6.45, 7) is 5.71. The standard InChI is InChI=1S/C17H19BrClNO/c1-3-20-12(2)16-8-7-15(10-17(16)18)21-11-13-5-4-6-14(19)9-13/h4-10,12,20H,3,11H2,1-2H3. The van der Waals surface area contributed by atoms with E-state index in [1.165, 1.54) is 5.56 Å². The number of ether oxygens (including phenoxy) is 1. The Morgan fingerprint density at radius 1 is 1.24 bits per heavy atom. The van der Waals surface area contributed by atoms with Gasteiger partial charge in [0.15, 0.2) is 0 Å². The smallest absolute Gasteiger partial charge is 0.120 e. The minimum Gasteiger partial charge on any atom is -0.489 e. The lowest BCUT2D eigenvalue weighted by atomic mass is 10.1. The van der Waals surface area contributed by atoms with Crippen LogP contribution in [0.4, 0.5) is 0 Å². The fourth-order valence-corrected chi connectivity index (χ4v) is 3.07. The van der Waals surface area contributed by atoms with Crippen molar-refractivity contribution in [3.8, 4) is 5.75 Å². The Hall–Kier alpha value is -1.03. The van der Waals surface area contributed by atoms with Crippen molar-refractivity contribution in [1.29, 1.82) is 0 Å². The normalized spacial score (nSPS) is 12.2. The predicted molar refractivity (Wildman–Crippen MR) is 92.0 cm³/mol. The van der Waals surface area contributed by atoms with Crippen LogP contribution in [-0.2, 0) is 6.61 Å². The summed E-state index contributed by atoms with van der Waals surface area (Å²) in [7, 11) is 0. The van der Waals surface area contributed by atoms with Gasteiger partial charge >= 0.3 is 0 Å². The van der Waals surface area contributed by atoms with E-state index in [4.69, 9.17) is 16.3 Å². The first-order valence-electron chi connectivity index (χ1n) is 7.00. The van der Waals surface area contributed by atoms with Crippen molar-refractivity contribution in [1.82, 2.24) is 5.32 Å². The molecule has 2 rings (SSSR count). The predicted octanol–water partition coefficient (Wildman–Crippen LogP) is 5.35. The van der Waals surface area contributed by atoms with E-state index in [2.05, 4.69) is 41.2 Å². The largest absolute Gasteiger partial charge is 0.489 e. The number of benzene rings is 2. The Morgan fingerprint density at radius 2 is 2.05 bits per heavy atom. The van der Waals surface area contributed by atoms with Crippen molar-refractivity contribution in [3.63, 3.8) is 0 Å². The van der Waals surface area contributed by atoms with Gasteiger partial charge in [-0.15, -0.1) is 0 Å². The minimum atomic E-state index is 0.311. The maximum absolute atomic E-state index is 5.97. The molecule has 0 aliphatic heterocycles. The number of halogens is 2. The topological polar surface area (TPSA) is 21.3 Å². The molecule has 2 nitrogen and oxygen atoms in total. The quantitative estimate of drug-likeness (QED) is 0.742. The first kappa shape index (κ1) is 16.3. The fraction of sp³-hybridized carbons (Fsp3) is 0.294. The second-order valence-corrected chi connectivity index (χ2v) is 6.17. The molecule has 0 saturated carbocycles. The highest BCUT2D eigenvalue weighted by atomic mass is 79.9. The molecule has 2 aromatic carbocycles. The highest BCUT2D eigenvalue weighted by molar-refractivity contribution is 9.10. The van der Waals surface area contributed by atoms with Gasteiger partial charge in [-0.1, -0.05) is 52.7 Å². The van der Waals surface area contributed by atoms with Gasteiger partial charge in [-0.2, -0.15) is 0 Å². The molecule has 0 amide bonds. The lowest BCUT2D eigenvalue weighted by molar-refractivity contribution is 0.306. The van der Waals surface area contributed by atoms with Crippen molar-refractivity contribution in [2.75, 3.05) is 6.54 Å². The highest BCUT2D eigenvalue weighted by Gasteiger charge is 2.09. The van der Waals surface area contributed by atoms with Gasteiger partial charge in [-0.05, 0) is 48.9 Å². The van der Waals surface area contributed by atoms with Gasteiger partial charge in [0.2, 0.25) is 0 Å². The summed E-state index contributed by atoms with van der Waals surface area (Å²) < 4.78 is 6.87. The molecule has 0 saturated heterocycles. The number of nitrogens with one attached hydrogen (secondary N) is 1. The molecule has 0 spiro atoms. The Balaban J connectivity index is 2.03. The van der Waals surface area contributed by atoms with E-state index in [0.29, 0.717) is 12.6 Å². The van der Waals surface area contributed by atoms with Crippen molar-refractivity contribution in [3.05, 3.63) is 63.1 Å². The number of hydrogen-bond acceptors (Lipinski definition) is 2. The van der Waals surface area contributed by atoms with Gasteiger partial charge in [0, 0.05) is 15.5 Å². The molecule has 21 heavy (non-hydrogen) atoms. The van der Waals surface area contributed by atoms with Crippen molar-refractivity contribution in [2.45, 2.75) is 26.5 Å². The van der Waals surface area contributed by atoms with Crippen LogP contribution in [0.25, 0.3) is 0 Å². The number of hydrogen-bond donors (Lipinski definition) is 1. The maximum atomic E-state index is 5.97. The van der Waals surface area contributed by atoms with Gasteiger partial charge < -0.3 is 10.1 Å². The van der Waals surface area contributed by atoms with E-state index >= 15 is 0 Å². The van der Waals surface area contributed by atoms with E-state index in [1.54, 1.807) is 0 Å². The van der Waals surface area contributed by atoms with E-state index in [-0.39, 0.29) is 0 Å². The Morgan fingerprint density at radius 3 is 2.71 bits per heavy atom. The van der Waals surface area contributed by atoms with Crippen LogP contribution in [0.15, 0.2) is 46.9 Å². The lowest BCUT2D eigenvalue weighted by Crippen LogP contribution is -2.18. The Kier molecular flexibility index (Phi) is 6.09. The molecule has 0 aliphatic carbocycles. The van der Waals surface area contributed by atoms with Crippen LogP contribution in [0, 0.1) is 0 Å². The first-order valence-corrected chi connectivity index (χ1v) is 8.17. The molecular weight excluding hydrogens is 350 g/mol. The van der Waals surface area contributed by atoms with E-state index < -0.39 is 0 Å². The molecular formula is C17H19BrClNO. The molecule has 0 aromatic heterocycles. The number of rotatable bonds is 6. The van der Waals surface area contributed by atoms with Gasteiger partial charge in [-0.25, -0.2) is 0 Å². The summed E-state index contributed by atoms with van der Waals surface area (Å²) in [5.74, 6) is 0.842. The second kappa shape index (κ2) is 7.83. The molecule has 112 valence electrons. The van der Waals surface area contributed by atoms with Crippen LogP contribution in [-0.4, -0.2) is 6.54 Å². The molecule has 0 fully saturated rings. The van der Waals surface area contributed by atoms with Gasteiger partial charge in [0.05, 0.1) is 0 Å².